The zero-order chi connectivity index (χ0) is 18.2. The van der Waals surface area contributed by atoms with Gasteiger partial charge in [0.2, 0.25) is 0 Å². The molecule has 0 N–H and O–H groups in total. The molecule has 0 atom stereocenters. The van der Waals surface area contributed by atoms with Gasteiger partial charge < -0.3 is 9.64 Å². The predicted molar refractivity (Wildman–Crippen MR) is 106 cm³/mol. The van der Waals surface area contributed by atoms with Crippen molar-refractivity contribution in [1.29, 1.82) is 0 Å². The molecule has 0 fully saturated rings. The first-order valence-electron chi connectivity index (χ1n) is 8.48. The Morgan fingerprint density at radius 3 is 1.92 bits per heavy atom. The van der Waals surface area contributed by atoms with Crippen LogP contribution in [-0.4, -0.2) is 18.9 Å². The number of aliphatic imine (C=N–C) groups is 1. The lowest BCUT2D eigenvalue weighted by atomic mass is 10.2. The molecule has 0 saturated heterocycles. The molecule has 0 aliphatic carbocycles. The lowest BCUT2D eigenvalue weighted by molar-refractivity contribution is 0.0526. The monoisotopic (exact) mass is 344 g/mol. The number of hydrogen-bond donors (Lipinski definition) is 0. The van der Waals surface area contributed by atoms with E-state index in [0.29, 0.717) is 12.2 Å². The maximum atomic E-state index is 11.7. The number of rotatable bonds is 6. The van der Waals surface area contributed by atoms with Crippen molar-refractivity contribution < 1.29 is 9.53 Å². The van der Waals surface area contributed by atoms with Crippen molar-refractivity contribution in [1.82, 2.24) is 0 Å². The summed E-state index contributed by atoms with van der Waals surface area (Å²) in [5.74, 6) is -0.321. The van der Waals surface area contributed by atoms with Gasteiger partial charge in [-0.1, -0.05) is 36.4 Å². The number of nitrogens with zero attached hydrogens (tertiary/aromatic N) is 2. The van der Waals surface area contributed by atoms with Crippen LogP contribution in [0.5, 0.6) is 0 Å². The van der Waals surface area contributed by atoms with Crippen molar-refractivity contribution in [2.45, 2.75) is 6.92 Å². The summed E-state index contributed by atoms with van der Waals surface area (Å²) >= 11 is 0. The molecule has 26 heavy (non-hydrogen) atoms. The molecule has 4 heteroatoms. The van der Waals surface area contributed by atoms with Gasteiger partial charge in [-0.3, -0.25) is 0 Å². The molecule has 0 amide bonds. The minimum Gasteiger partial charge on any atom is -0.462 e. The second kappa shape index (κ2) is 8.62. The van der Waals surface area contributed by atoms with Gasteiger partial charge in [-0.2, -0.15) is 0 Å². The Morgan fingerprint density at radius 2 is 1.42 bits per heavy atom. The van der Waals surface area contributed by atoms with E-state index in [1.54, 1.807) is 37.5 Å². The molecule has 130 valence electrons. The Bertz CT molecular complexity index is 820. The van der Waals surface area contributed by atoms with E-state index in [1.807, 2.05) is 65.6 Å². The van der Waals surface area contributed by atoms with Crippen LogP contribution >= 0.6 is 0 Å². The van der Waals surface area contributed by atoms with E-state index in [1.165, 1.54) is 0 Å². The number of hydrogen-bond acceptors (Lipinski definition) is 3. The van der Waals surface area contributed by atoms with E-state index in [0.717, 1.165) is 17.1 Å². The van der Waals surface area contributed by atoms with Crippen LogP contribution in [0.1, 0.15) is 17.3 Å². The maximum absolute atomic E-state index is 11.7. The van der Waals surface area contributed by atoms with E-state index in [4.69, 9.17) is 4.74 Å². The van der Waals surface area contributed by atoms with E-state index in [2.05, 4.69) is 4.99 Å². The van der Waals surface area contributed by atoms with Gasteiger partial charge in [0.1, 0.15) is 6.34 Å². The molecule has 0 aromatic heterocycles. The zero-order valence-corrected chi connectivity index (χ0v) is 14.6. The number of carbonyl (C=O) groups excluding carboxylic acids is 1. The van der Waals surface area contributed by atoms with Crippen LogP contribution < -0.4 is 4.90 Å². The largest absolute Gasteiger partial charge is 0.462 e. The van der Waals surface area contributed by atoms with Gasteiger partial charge >= 0.3 is 5.97 Å². The van der Waals surface area contributed by atoms with E-state index < -0.39 is 0 Å². The quantitative estimate of drug-likeness (QED) is 0.343. The van der Waals surface area contributed by atoms with E-state index in [-0.39, 0.29) is 5.97 Å². The normalized spacial score (nSPS) is 10.7. The predicted octanol–water partition coefficient (Wildman–Crippen LogP) is 5.36. The molecule has 0 heterocycles. The number of para-hydroxylation sites is 2. The molecule has 3 aromatic rings. The maximum Gasteiger partial charge on any atom is 0.338 e. The van der Waals surface area contributed by atoms with Crippen LogP contribution in [0.15, 0.2) is 89.9 Å². The van der Waals surface area contributed by atoms with Gasteiger partial charge in [0.25, 0.3) is 0 Å². The van der Waals surface area contributed by atoms with Gasteiger partial charge in [-0.25, -0.2) is 9.79 Å². The minimum absolute atomic E-state index is 0.321. The fourth-order valence-corrected chi connectivity index (χ4v) is 2.48. The standard InChI is InChI=1S/C22H20N2O2/c1-2-26-22(25)18-13-15-19(16-14-18)23-17-24(20-9-5-3-6-10-20)21-11-7-4-8-12-21/h3-17H,2H2,1H3. The molecule has 0 unspecified atom stereocenters. The van der Waals surface area contributed by atoms with Crippen LogP contribution in [0.4, 0.5) is 17.1 Å². The number of anilines is 2. The lowest BCUT2D eigenvalue weighted by Crippen LogP contribution is -2.13. The van der Waals surface area contributed by atoms with Crippen LogP contribution in [-0.2, 0) is 4.74 Å². The molecule has 3 rings (SSSR count). The molecular weight excluding hydrogens is 324 g/mol. The Labute approximate surface area is 153 Å². The summed E-state index contributed by atoms with van der Waals surface area (Å²) in [6.45, 7) is 2.15. The third-order valence-corrected chi connectivity index (χ3v) is 3.77. The van der Waals surface area contributed by atoms with E-state index >= 15 is 0 Å². The Hall–Kier alpha value is -3.40. The molecule has 0 spiro atoms. The fraction of sp³-hybridized carbons (Fsp3) is 0.0909. The summed E-state index contributed by atoms with van der Waals surface area (Å²) < 4.78 is 5.00. The second-order valence-corrected chi connectivity index (χ2v) is 5.55. The average molecular weight is 344 g/mol. The minimum atomic E-state index is -0.321. The summed E-state index contributed by atoms with van der Waals surface area (Å²) in [5, 5.41) is 0. The zero-order valence-electron chi connectivity index (χ0n) is 14.6. The molecule has 3 aromatic carbocycles. The van der Waals surface area contributed by atoms with Gasteiger partial charge in [0.15, 0.2) is 0 Å². The van der Waals surface area contributed by atoms with E-state index in [9.17, 15) is 4.79 Å². The molecule has 4 nitrogen and oxygen atoms in total. The first-order valence-corrected chi connectivity index (χ1v) is 8.48. The summed E-state index contributed by atoms with van der Waals surface area (Å²) in [4.78, 5) is 18.3. The lowest BCUT2D eigenvalue weighted by Gasteiger charge is -2.19. The van der Waals surface area contributed by atoms with Crippen LogP contribution in [0.25, 0.3) is 0 Å². The topological polar surface area (TPSA) is 41.9 Å². The SMILES string of the molecule is CCOC(=O)c1ccc(N=CN(c2ccccc2)c2ccccc2)cc1. The first kappa shape index (κ1) is 17.4. The summed E-state index contributed by atoms with van der Waals surface area (Å²) in [6, 6.07) is 27.1. The van der Waals surface area contributed by atoms with Crippen LogP contribution in [0, 0.1) is 0 Å². The molecule has 0 radical (unpaired) electrons. The number of esters is 1. The van der Waals surface area contributed by atoms with Gasteiger partial charge in [0, 0.05) is 11.4 Å². The van der Waals surface area contributed by atoms with Crippen molar-refractivity contribution in [2.24, 2.45) is 4.99 Å². The van der Waals surface area contributed by atoms with Crippen LogP contribution in [0.2, 0.25) is 0 Å². The number of carbonyl (C=O) groups is 1. The Morgan fingerprint density at radius 1 is 0.885 bits per heavy atom. The first-order chi connectivity index (χ1) is 12.8. The number of ether oxygens (including phenoxy) is 1. The third kappa shape index (κ3) is 4.36. The van der Waals surface area contributed by atoms with Crippen molar-refractivity contribution in [3.05, 3.63) is 90.5 Å². The summed E-state index contributed by atoms with van der Waals surface area (Å²) in [7, 11) is 0. The van der Waals surface area contributed by atoms with Crippen molar-refractivity contribution in [3.8, 4) is 0 Å². The molecule has 0 bridgehead atoms. The smallest absolute Gasteiger partial charge is 0.338 e. The molecule has 0 saturated carbocycles. The highest BCUT2D eigenvalue weighted by Gasteiger charge is 2.07. The average Bonchev–Trinajstić information content (AvgIpc) is 2.70. The Balaban J connectivity index is 1.84. The highest BCUT2D eigenvalue weighted by atomic mass is 16.5. The number of benzene rings is 3. The fourth-order valence-electron chi connectivity index (χ4n) is 2.48. The highest BCUT2D eigenvalue weighted by Crippen LogP contribution is 2.24. The second-order valence-electron chi connectivity index (χ2n) is 5.55. The van der Waals surface area contributed by atoms with Gasteiger partial charge in [0.05, 0.1) is 17.9 Å². The molecule has 0 aliphatic heterocycles. The van der Waals surface area contributed by atoms with Crippen LogP contribution in [0.3, 0.4) is 0 Å². The van der Waals surface area contributed by atoms with Crippen molar-refractivity contribution >= 4 is 29.4 Å². The highest BCUT2D eigenvalue weighted by molar-refractivity contribution is 5.91. The van der Waals surface area contributed by atoms with Crippen molar-refractivity contribution in [3.63, 3.8) is 0 Å². The summed E-state index contributed by atoms with van der Waals surface area (Å²) in [6.07, 6.45) is 1.78. The third-order valence-electron chi connectivity index (χ3n) is 3.77. The van der Waals surface area contributed by atoms with Gasteiger partial charge in [-0.15, -0.1) is 0 Å². The van der Waals surface area contributed by atoms with Gasteiger partial charge in [-0.05, 0) is 55.5 Å². The molecular formula is C22H20N2O2. The van der Waals surface area contributed by atoms with Crippen molar-refractivity contribution in [2.75, 3.05) is 11.5 Å². The summed E-state index contributed by atoms with van der Waals surface area (Å²) in [5.41, 5.74) is 3.32. The molecule has 0 aliphatic rings. The Kier molecular flexibility index (Phi) is 5.78.